The van der Waals surface area contributed by atoms with Crippen LogP contribution in [0.3, 0.4) is 0 Å². The van der Waals surface area contributed by atoms with Crippen molar-refractivity contribution in [1.29, 1.82) is 0 Å². The largest absolute Gasteiger partial charge is 0.508 e. The molecule has 3 N–H and O–H groups in total. The van der Waals surface area contributed by atoms with Crippen molar-refractivity contribution in [3.05, 3.63) is 41.5 Å². The summed E-state index contributed by atoms with van der Waals surface area (Å²) in [5.41, 5.74) is 7.05. The van der Waals surface area contributed by atoms with Crippen molar-refractivity contribution in [2.24, 2.45) is 5.73 Å². The van der Waals surface area contributed by atoms with Crippen LogP contribution in [-0.2, 0) is 12.0 Å². The van der Waals surface area contributed by atoms with Crippen LogP contribution in [0.1, 0.15) is 55.8 Å². The van der Waals surface area contributed by atoms with Gasteiger partial charge >= 0.3 is 0 Å². The first-order chi connectivity index (χ1) is 10.2. The molecule has 2 aromatic rings. The second-order valence-corrected chi connectivity index (χ2v) is 5.93. The topological polar surface area (TPSA) is 85.2 Å². The van der Waals surface area contributed by atoms with Crippen LogP contribution in [0.2, 0.25) is 0 Å². The van der Waals surface area contributed by atoms with E-state index in [-0.39, 0.29) is 5.75 Å². The lowest BCUT2D eigenvalue weighted by molar-refractivity contribution is 0.256. The van der Waals surface area contributed by atoms with Crippen molar-refractivity contribution in [2.45, 2.75) is 50.5 Å². The summed E-state index contributed by atoms with van der Waals surface area (Å²) in [6.45, 7) is 0. The summed E-state index contributed by atoms with van der Waals surface area (Å²) in [4.78, 5) is 4.50. The Balaban J connectivity index is 1.74. The van der Waals surface area contributed by atoms with E-state index >= 15 is 0 Å². The first-order valence-electron chi connectivity index (χ1n) is 7.56. The van der Waals surface area contributed by atoms with Crippen LogP contribution in [0.5, 0.6) is 5.75 Å². The van der Waals surface area contributed by atoms with Crippen LogP contribution >= 0.6 is 0 Å². The number of benzene rings is 1. The van der Waals surface area contributed by atoms with E-state index in [1.807, 2.05) is 12.1 Å². The summed E-state index contributed by atoms with van der Waals surface area (Å²) in [5, 5.41) is 13.3. The molecule has 1 fully saturated rings. The molecule has 0 unspecified atom stereocenters. The quantitative estimate of drug-likeness (QED) is 0.848. The minimum atomic E-state index is -0.462. The Bertz CT molecular complexity index is 584. The normalized spacial score (nSPS) is 18.3. The van der Waals surface area contributed by atoms with E-state index in [1.54, 1.807) is 12.1 Å². The average molecular weight is 287 g/mol. The predicted octanol–water partition coefficient (Wildman–Crippen LogP) is 2.87. The van der Waals surface area contributed by atoms with Gasteiger partial charge in [0.1, 0.15) is 5.75 Å². The van der Waals surface area contributed by atoms with Crippen LogP contribution in [-0.4, -0.2) is 15.2 Å². The third-order valence-corrected chi connectivity index (χ3v) is 4.19. The zero-order chi connectivity index (χ0) is 14.7. The Morgan fingerprint density at radius 3 is 2.43 bits per heavy atom. The molecule has 3 rings (SSSR count). The lowest BCUT2D eigenvalue weighted by Crippen LogP contribution is -2.36. The fraction of sp³-hybridized carbons (Fsp3) is 0.500. The first kappa shape index (κ1) is 14.1. The lowest BCUT2D eigenvalue weighted by atomic mass is 9.91. The molecule has 0 bridgehead atoms. The highest BCUT2D eigenvalue weighted by atomic mass is 16.5. The molecular weight excluding hydrogens is 266 g/mol. The Morgan fingerprint density at radius 2 is 1.76 bits per heavy atom. The summed E-state index contributed by atoms with van der Waals surface area (Å²) in [6.07, 6.45) is 7.10. The van der Waals surface area contributed by atoms with Gasteiger partial charge in [0.05, 0.1) is 5.54 Å². The predicted molar refractivity (Wildman–Crippen MR) is 78.8 cm³/mol. The van der Waals surface area contributed by atoms with Crippen LogP contribution in [0.25, 0.3) is 0 Å². The van der Waals surface area contributed by atoms with Gasteiger partial charge in [-0.3, -0.25) is 0 Å². The molecule has 0 aliphatic heterocycles. The number of phenolic OH excluding ortho intramolecular Hbond substituents is 1. The monoisotopic (exact) mass is 287 g/mol. The maximum absolute atomic E-state index is 9.29. The number of phenols is 1. The molecular formula is C16H21N3O2. The molecule has 1 saturated carbocycles. The zero-order valence-corrected chi connectivity index (χ0v) is 12.1. The molecule has 0 spiro atoms. The molecule has 21 heavy (non-hydrogen) atoms. The van der Waals surface area contributed by atoms with Gasteiger partial charge in [0.25, 0.3) is 0 Å². The average Bonchev–Trinajstić information content (AvgIpc) is 2.84. The number of nitrogens with two attached hydrogens (primary N) is 1. The molecule has 0 atom stereocenters. The molecule has 112 valence electrons. The number of hydrogen-bond donors (Lipinski definition) is 2. The van der Waals surface area contributed by atoms with E-state index < -0.39 is 5.54 Å². The summed E-state index contributed by atoms with van der Waals surface area (Å²) in [7, 11) is 0. The van der Waals surface area contributed by atoms with Gasteiger partial charge in [0, 0.05) is 6.42 Å². The van der Waals surface area contributed by atoms with Crippen molar-refractivity contribution in [2.75, 3.05) is 0 Å². The summed E-state index contributed by atoms with van der Waals surface area (Å²) in [6, 6.07) is 7.03. The van der Waals surface area contributed by atoms with Gasteiger partial charge in [-0.1, -0.05) is 43.0 Å². The maximum atomic E-state index is 9.29. The number of hydrogen-bond acceptors (Lipinski definition) is 5. The summed E-state index contributed by atoms with van der Waals surface area (Å²) < 4.78 is 5.42. The van der Waals surface area contributed by atoms with Crippen LogP contribution in [0.15, 0.2) is 28.8 Å². The Hall–Kier alpha value is -1.88. The van der Waals surface area contributed by atoms with Crippen molar-refractivity contribution < 1.29 is 9.63 Å². The minimum Gasteiger partial charge on any atom is -0.508 e. The van der Waals surface area contributed by atoms with Crippen molar-refractivity contribution in [1.82, 2.24) is 10.1 Å². The maximum Gasteiger partial charge on any atom is 0.246 e. The Morgan fingerprint density at radius 1 is 1.10 bits per heavy atom. The second kappa shape index (κ2) is 5.85. The number of nitrogens with zero attached hydrogens (tertiary/aromatic N) is 2. The van der Waals surface area contributed by atoms with E-state index in [1.165, 1.54) is 12.8 Å². The van der Waals surface area contributed by atoms with E-state index in [0.29, 0.717) is 18.1 Å². The third kappa shape index (κ3) is 3.24. The minimum absolute atomic E-state index is 0.256. The smallest absolute Gasteiger partial charge is 0.246 e. The number of aromatic nitrogens is 2. The zero-order valence-electron chi connectivity index (χ0n) is 12.1. The summed E-state index contributed by atoms with van der Waals surface area (Å²) >= 11 is 0. The van der Waals surface area contributed by atoms with Crippen LogP contribution in [0, 0.1) is 0 Å². The standard InChI is InChI=1S/C16H21N3O2/c17-16(9-3-1-2-4-10-16)15-18-14(19-21-15)11-12-5-7-13(20)8-6-12/h5-8,20H,1-4,9-11,17H2. The summed E-state index contributed by atoms with van der Waals surface area (Å²) in [5.74, 6) is 1.47. The van der Waals surface area contributed by atoms with E-state index in [0.717, 1.165) is 31.2 Å². The Kier molecular flexibility index (Phi) is 3.92. The lowest BCUT2D eigenvalue weighted by Gasteiger charge is -2.22. The highest BCUT2D eigenvalue weighted by Gasteiger charge is 2.34. The fourth-order valence-corrected chi connectivity index (χ4v) is 2.90. The number of aromatic hydroxyl groups is 1. The molecule has 1 heterocycles. The van der Waals surface area contributed by atoms with Gasteiger partial charge in [0.15, 0.2) is 5.82 Å². The molecule has 0 saturated heterocycles. The van der Waals surface area contributed by atoms with Crippen molar-refractivity contribution in [3.63, 3.8) is 0 Å². The van der Waals surface area contributed by atoms with Gasteiger partial charge in [-0.2, -0.15) is 4.98 Å². The van der Waals surface area contributed by atoms with Gasteiger partial charge in [-0.05, 0) is 30.5 Å². The molecule has 0 amide bonds. The van der Waals surface area contributed by atoms with Gasteiger partial charge in [-0.25, -0.2) is 0 Å². The molecule has 1 aromatic heterocycles. The van der Waals surface area contributed by atoms with Crippen molar-refractivity contribution >= 4 is 0 Å². The highest BCUT2D eigenvalue weighted by Crippen LogP contribution is 2.32. The third-order valence-electron chi connectivity index (χ3n) is 4.19. The SMILES string of the molecule is NC1(c2nc(Cc3ccc(O)cc3)no2)CCCCCC1. The fourth-order valence-electron chi connectivity index (χ4n) is 2.90. The molecule has 1 aromatic carbocycles. The molecule has 1 aliphatic carbocycles. The van der Waals surface area contributed by atoms with Gasteiger partial charge in [-0.15, -0.1) is 0 Å². The molecule has 1 aliphatic rings. The van der Waals surface area contributed by atoms with Crippen LogP contribution in [0.4, 0.5) is 0 Å². The number of rotatable bonds is 3. The van der Waals surface area contributed by atoms with Crippen molar-refractivity contribution in [3.8, 4) is 5.75 Å². The molecule has 5 nitrogen and oxygen atoms in total. The molecule has 5 heteroatoms. The van der Waals surface area contributed by atoms with E-state index in [9.17, 15) is 5.11 Å². The second-order valence-electron chi connectivity index (χ2n) is 5.93. The van der Waals surface area contributed by atoms with Gasteiger partial charge in [0.2, 0.25) is 5.89 Å². The van der Waals surface area contributed by atoms with Crippen LogP contribution < -0.4 is 5.73 Å². The first-order valence-corrected chi connectivity index (χ1v) is 7.56. The highest BCUT2D eigenvalue weighted by molar-refractivity contribution is 5.27. The Labute approximate surface area is 124 Å². The molecule has 0 radical (unpaired) electrons. The van der Waals surface area contributed by atoms with E-state index in [4.69, 9.17) is 10.3 Å². The van der Waals surface area contributed by atoms with E-state index in [2.05, 4.69) is 10.1 Å². The van der Waals surface area contributed by atoms with Gasteiger partial charge < -0.3 is 15.4 Å².